The number of aryl methyl sites for hydroxylation is 1. The first-order valence-electron chi connectivity index (χ1n) is 3.47. The van der Waals surface area contributed by atoms with Crippen molar-refractivity contribution < 1.29 is 0 Å². The summed E-state index contributed by atoms with van der Waals surface area (Å²) in [7, 11) is 1.87. The van der Waals surface area contributed by atoms with Crippen molar-refractivity contribution in [3.05, 3.63) is 16.9 Å². The van der Waals surface area contributed by atoms with Gasteiger partial charge in [0.15, 0.2) is 0 Å². The van der Waals surface area contributed by atoms with E-state index in [1.165, 1.54) is 12.8 Å². The average molecular weight is 157 g/mol. The molecule has 2 nitrogen and oxygen atoms in total. The van der Waals surface area contributed by atoms with E-state index in [4.69, 9.17) is 11.6 Å². The number of halogens is 1. The van der Waals surface area contributed by atoms with E-state index in [2.05, 4.69) is 5.10 Å². The third kappa shape index (κ3) is 0.926. The molecule has 1 aromatic heterocycles. The molecule has 0 bridgehead atoms. The molecular weight excluding hydrogens is 148 g/mol. The van der Waals surface area contributed by atoms with Gasteiger partial charge in [-0.2, -0.15) is 5.10 Å². The zero-order chi connectivity index (χ0) is 7.14. The van der Waals surface area contributed by atoms with Gasteiger partial charge in [0.25, 0.3) is 0 Å². The lowest BCUT2D eigenvalue weighted by molar-refractivity contribution is 0.744. The fraction of sp³-hybridized carbons (Fsp3) is 0.571. The zero-order valence-electron chi connectivity index (χ0n) is 5.84. The van der Waals surface area contributed by atoms with Crippen molar-refractivity contribution in [2.45, 2.75) is 18.8 Å². The first-order chi connectivity index (χ1) is 4.77. The summed E-state index contributed by atoms with van der Waals surface area (Å²) >= 11 is 5.80. The largest absolute Gasteiger partial charge is 0.257 e. The van der Waals surface area contributed by atoms with Crippen molar-refractivity contribution in [3.8, 4) is 0 Å². The highest BCUT2D eigenvalue weighted by Crippen LogP contribution is 2.39. The molecular formula is C7H9ClN2. The fourth-order valence-corrected chi connectivity index (χ4v) is 1.19. The Labute approximate surface area is 64.8 Å². The standard InChI is InChI=1S/C7H9ClN2/c1-10-7(8)4-6(9-10)5-2-3-5/h4-5H,2-3H2,1H3. The molecule has 0 aliphatic heterocycles. The predicted octanol–water partition coefficient (Wildman–Crippen LogP) is 1.95. The van der Waals surface area contributed by atoms with Gasteiger partial charge in [-0.1, -0.05) is 11.6 Å². The molecule has 10 heavy (non-hydrogen) atoms. The minimum absolute atomic E-state index is 0.707. The minimum atomic E-state index is 0.707. The molecule has 1 fully saturated rings. The Hall–Kier alpha value is -0.500. The monoisotopic (exact) mass is 156 g/mol. The van der Waals surface area contributed by atoms with Crippen molar-refractivity contribution in [1.29, 1.82) is 0 Å². The lowest BCUT2D eigenvalue weighted by Crippen LogP contribution is -1.90. The predicted molar refractivity (Wildman–Crippen MR) is 40.2 cm³/mol. The molecule has 1 aliphatic carbocycles. The highest BCUT2D eigenvalue weighted by Gasteiger charge is 2.26. The van der Waals surface area contributed by atoms with E-state index in [0.29, 0.717) is 5.92 Å². The van der Waals surface area contributed by atoms with Gasteiger partial charge >= 0.3 is 0 Å². The van der Waals surface area contributed by atoms with Crippen LogP contribution in [-0.4, -0.2) is 9.78 Å². The van der Waals surface area contributed by atoms with Gasteiger partial charge in [-0.15, -0.1) is 0 Å². The topological polar surface area (TPSA) is 17.8 Å². The second-order valence-corrected chi connectivity index (χ2v) is 3.18. The molecule has 1 aliphatic rings. The van der Waals surface area contributed by atoms with Crippen LogP contribution >= 0.6 is 11.6 Å². The SMILES string of the molecule is Cn1nc(C2CC2)cc1Cl. The molecule has 0 N–H and O–H groups in total. The first kappa shape index (κ1) is 6.23. The summed E-state index contributed by atoms with van der Waals surface area (Å²) in [5.74, 6) is 0.707. The van der Waals surface area contributed by atoms with E-state index in [-0.39, 0.29) is 0 Å². The van der Waals surface area contributed by atoms with Crippen LogP contribution in [0.3, 0.4) is 0 Å². The quantitative estimate of drug-likeness (QED) is 0.608. The van der Waals surface area contributed by atoms with E-state index in [1.54, 1.807) is 4.68 Å². The Morgan fingerprint density at radius 3 is 2.80 bits per heavy atom. The maximum Gasteiger partial charge on any atom is 0.126 e. The Morgan fingerprint density at radius 1 is 1.70 bits per heavy atom. The molecule has 0 saturated heterocycles. The molecule has 3 heteroatoms. The van der Waals surface area contributed by atoms with Crippen molar-refractivity contribution in [2.75, 3.05) is 0 Å². The third-order valence-corrected chi connectivity index (χ3v) is 2.19. The lowest BCUT2D eigenvalue weighted by atomic mass is 10.3. The number of aromatic nitrogens is 2. The van der Waals surface area contributed by atoms with Crippen molar-refractivity contribution in [2.24, 2.45) is 7.05 Å². The molecule has 0 aromatic carbocycles. The lowest BCUT2D eigenvalue weighted by Gasteiger charge is -1.87. The van der Waals surface area contributed by atoms with Gasteiger partial charge < -0.3 is 0 Å². The van der Waals surface area contributed by atoms with Crippen LogP contribution in [0.5, 0.6) is 0 Å². The summed E-state index contributed by atoms with van der Waals surface area (Å²) in [4.78, 5) is 0. The molecule has 0 amide bonds. The van der Waals surface area contributed by atoms with Crippen LogP contribution in [0.15, 0.2) is 6.07 Å². The number of hydrogen-bond acceptors (Lipinski definition) is 1. The summed E-state index contributed by atoms with van der Waals surface area (Å²) in [5, 5.41) is 4.99. The van der Waals surface area contributed by atoms with Crippen LogP contribution in [0.2, 0.25) is 5.15 Å². The van der Waals surface area contributed by atoms with Gasteiger partial charge in [-0.05, 0) is 18.9 Å². The fourth-order valence-electron chi connectivity index (χ4n) is 1.04. The Bertz CT molecular complexity index is 231. The summed E-state index contributed by atoms with van der Waals surface area (Å²) in [5.41, 5.74) is 1.16. The van der Waals surface area contributed by atoms with Gasteiger partial charge in [0.2, 0.25) is 0 Å². The smallest absolute Gasteiger partial charge is 0.126 e. The second-order valence-electron chi connectivity index (χ2n) is 2.79. The van der Waals surface area contributed by atoms with E-state index < -0.39 is 0 Å². The molecule has 0 spiro atoms. The molecule has 0 radical (unpaired) electrons. The van der Waals surface area contributed by atoms with Gasteiger partial charge in [0.1, 0.15) is 5.15 Å². The third-order valence-electron chi connectivity index (χ3n) is 1.84. The Morgan fingerprint density at radius 2 is 2.40 bits per heavy atom. The van der Waals surface area contributed by atoms with Gasteiger partial charge in [0.05, 0.1) is 5.69 Å². The summed E-state index contributed by atoms with van der Waals surface area (Å²) in [6.07, 6.45) is 2.57. The molecule has 0 unspecified atom stereocenters. The van der Waals surface area contributed by atoms with Crippen LogP contribution in [0.25, 0.3) is 0 Å². The molecule has 54 valence electrons. The van der Waals surface area contributed by atoms with Crippen LogP contribution in [0.4, 0.5) is 0 Å². The summed E-state index contributed by atoms with van der Waals surface area (Å²) in [6, 6.07) is 1.96. The van der Waals surface area contributed by atoms with Crippen LogP contribution in [0, 0.1) is 0 Å². The Balaban J connectivity index is 2.34. The number of rotatable bonds is 1. The number of hydrogen-bond donors (Lipinski definition) is 0. The van der Waals surface area contributed by atoms with Crippen LogP contribution in [-0.2, 0) is 7.05 Å². The normalized spacial score (nSPS) is 17.8. The maximum absolute atomic E-state index is 5.80. The molecule has 0 atom stereocenters. The second kappa shape index (κ2) is 1.99. The van der Waals surface area contributed by atoms with Gasteiger partial charge in [-0.3, -0.25) is 4.68 Å². The van der Waals surface area contributed by atoms with Crippen molar-refractivity contribution >= 4 is 11.6 Å². The first-order valence-corrected chi connectivity index (χ1v) is 3.84. The molecule has 1 aromatic rings. The minimum Gasteiger partial charge on any atom is -0.257 e. The van der Waals surface area contributed by atoms with Crippen molar-refractivity contribution in [3.63, 3.8) is 0 Å². The van der Waals surface area contributed by atoms with Crippen LogP contribution in [0.1, 0.15) is 24.5 Å². The molecule has 1 saturated carbocycles. The van der Waals surface area contributed by atoms with E-state index in [0.717, 1.165) is 10.8 Å². The van der Waals surface area contributed by atoms with Crippen molar-refractivity contribution in [1.82, 2.24) is 9.78 Å². The summed E-state index contributed by atoms with van der Waals surface area (Å²) in [6.45, 7) is 0. The molecule has 2 rings (SSSR count). The molecule has 1 heterocycles. The number of nitrogens with zero attached hydrogens (tertiary/aromatic N) is 2. The Kier molecular flexibility index (Phi) is 1.24. The van der Waals surface area contributed by atoms with Gasteiger partial charge in [-0.25, -0.2) is 0 Å². The summed E-state index contributed by atoms with van der Waals surface area (Å²) < 4.78 is 1.72. The van der Waals surface area contributed by atoms with Gasteiger partial charge in [0, 0.05) is 13.0 Å². The van der Waals surface area contributed by atoms with E-state index in [1.807, 2.05) is 13.1 Å². The van der Waals surface area contributed by atoms with E-state index >= 15 is 0 Å². The maximum atomic E-state index is 5.80. The zero-order valence-corrected chi connectivity index (χ0v) is 6.60. The average Bonchev–Trinajstić information content (AvgIpc) is 2.64. The van der Waals surface area contributed by atoms with Crippen LogP contribution < -0.4 is 0 Å². The highest BCUT2D eigenvalue weighted by atomic mass is 35.5. The highest BCUT2D eigenvalue weighted by molar-refractivity contribution is 6.29. The van der Waals surface area contributed by atoms with E-state index in [9.17, 15) is 0 Å².